The van der Waals surface area contributed by atoms with E-state index in [-0.39, 0.29) is 12.2 Å². The van der Waals surface area contributed by atoms with E-state index in [4.69, 9.17) is 6.48 Å². The van der Waals surface area contributed by atoms with Gasteiger partial charge in [-0.1, -0.05) is 0 Å². The van der Waals surface area contributed by atoms with Crippen molar-refractivity contribution in [3.63, 3.8) is 0 Å². The fourth-order valence-electron chi connectivity index (χ4n) is 0.660. The molecule has 0 aromatic carbocycles. The van der Waals surface area contributed by atoms with Gasteiger partial charge >= 0.3 is 5.97 Å². The maximum absolute atomic E-state index is 10.7. The Morgan fingerprint density at radius 2 is 2.31 bits per heavy atom. The largest absolute Gasteiger partial charge is 0.480 e. The summed E-state index contributed by atoms with van der Waals surface area (Å²) in [4.78, 5) is 20.7. The Bertz CT molecular complexity index is 325. The number of carboxylic acids is 1. The number of carboxylic acid groups (broad SMARTS) is 1. The van der Waals surface area contributed by atoms with Crippen molar-refractivity contribution in [2.75, 3.05) is 12.0 Å². The number of sulfone groups is 1. The second-order valence-corrected chi connectivity index (χ2v) is 4.82. The summed E-state index contributed by atoms with van der Waals surface area (Å²) in [6.45, 7) is 0. The highest BCUT2D eigenvalue weighted by Gasteiger charge is 2.17. The van der Waals surface area contributed by atoms with Gasteiger partial charge in [0, 0.05) is 6.26 Å². The number of hydrogen-bond acceptors (Lipinski definition) is 4. The van der Waals surface area contributed by atoms with Gasteiger partial charge in [-0.15, -0.1) is 0 Å². The molecule has 0 radical (unpaired) electrons. The minimum atomic E-state index is -3.26. The molecule has 0 saturated heterocycles. The molecule has 0 rings (SSSR count). The van der Waals surface area contributed by atoms with Crippen molar-refractivity contribution >= 4 is 22.2 Å². The van der Waals surface area contributed by atoms with Gasteiger partial charge in [-0.25, -0.2) is 13.2 Å². The molecule has 1 atom stereocenters. The van der Waals surface area contributed by atoms with Crippen LogP contribution in [0.5, 0.6) is 0 Å². The summed E-state index contributed by atoms with van der Waals surface area (Å²) in [5.74, 6) is -1.70. The molecule has 0 bridgehead atoms. The van der Waals surface area contributed by atoms with E-state index in [2.05, 4.69) is 0 Å². The van der Waals surface area contributed by atoms with Gasteiger partial charge in [0.1, 0.15) is 17.2 Å². The Kier molecular flexibility index (Phi) is 3.69. The topological polar surface area (TPSA) is 101 Å². The van der Waals surface area contributed by atoms with Crippen molar-refractivity contribution in [2.45, 2.75) is 12.5 Å². The zero-order valence-corrected chi connectivity index (χ0v) is 7.80. The van der Waals surface area contributed by atoms with Gasteiger partial charge in [0.25, 0.3) is 0 Å². The zero-order chi connectivity index (χ0) is 11.4. The first kappa shape index (κ1) is 9.97. The van der Waals surface area contributed by atoms with Crippen molar-refractivity contribution < 1.29 is 24.5 Å². The Balaban J connectivity index is 4.25. The minimum Gasteiger partial charge on any atom is -0.480 e. The molecule has 1 amide bonds. The molecule has 0 aliphatic rings. The molecule has 2 N–H and O–H groups in total. The highest BCUT2D eigenvalue weighted by Crippen LogP contribution is 1.95. The molecule has 0 aromatic heterocycles. The number of carbonyl (C=O) groups excluding carboxylic acids is 1. The van der Waals surface area contributed by atoms with Crippen LogP contribution in [0, 0.1) is 0 Å². The van der Waals surface area contributed by atoms with Crippen molar-refractivity contribution in [3.05, 3.63) is 0 Å². The summed E-state index contributed by atoms with van der Waals surface area (Å²) >= 11 is 0. The quantitative estimate of drug-likeness (QED) is 0.545. The van der Waals surface area contributed by atoms with Crippen molar-refractivity contribution in [1.29, 1.82) is 0 Å². The third-order valence-corrected chi connectivity index (χ3v) is 2.29. The first-order chi connectivity index (χ1) is 6.22. The summed E-state index contributed by atoms with van der Waals surface area (Å²) in [7, 11) is -3.26. The maximum atomic E-state index is 10.7. The monoisotopic (exact) mass is 210 g/mol. The van der Waals surface area contributed by atoms with Crippen molar-refractivity contribution in [2.24, 2.45) is 0 Å². The summed E-state index contributed by atoms with van der Waals surface area (Å²) in [5.41, 5.74) is 0. The van der Waals surface area contributed by atoms with Crippen LogP contribution in [0.15, 0.2) is 0 Å². The summed E-state index contributed by atoms with van der Waals surface area (Å²) in [6, 6.07) is -1.32. The Morgan fingerprint density at radius 3 is 2.62 bits per heavy atom. The second-order valence-electron chi connectivity index (χ2n) is 2.56. The lowest BCUT2D eigenvalue weighted by atomic mass is 10.2. The molecule has 0 unspecified atom stereocenters. The Hall–Kier alpha value is -1.11. The molecule has 0 aliphatic carbocycles. The predicted octanol–water partition coefficient (Wildman–Crippen LogP) is -1.38. The molecule has 0 aromatic rings. The average Bonchev–Trinajstić information content (AvgIpc) is 1.94. The average molecular weight is 210 g/mol. The van der Waals surface area contributed by atoms with Crippen LogP contribution in [-0.4, -0.2) is 43.9 Å². The van der Waals surface area contributed by atoms with Gasteiger partial charge in [-0.3, -0.25) is 4.79 Å². The van der Waals surface area contributed by atoms with Gasteiger partial charge in [0.05, 0.1) is 5.75 Å². The van der Waals surface area contributed by atoms with E-state index in [1.54, 1.807) is 0 Å². The van der Waals surface area contributed by atoms with Crippen LogP contribution in [0.3, 0.4) is 0 Å². The smallest absolute Gasteiger partial charge is 0.326 e. The lowest BCUT2D eigenvalue weighted by molar-refractivity contribution is -0.140. The first-order valence-corrected chi connectivity index (χ1v) is 5.46. The molecule has 0 saturated carbocycles. The highest BCUT2D eigenvalue weighted by molar-refractivity contribution is 7.90. The highest BCUT2D eigenvalue weighted by atomic mass is 32.2. The van der Waals surface area contributed by atoms with Gasteiger partial charge in [0.2, 0.25) is 6.39 Å². The van der Waals surface area contributed by atoms with E-state index in [9.17, 15) is 18.0 Å². The van der Waals surface area contributed by atoms with Crippen LogP contribution in [-0.2, 0) is 19.4 Å². The van der Waals surface area contributed by atoms with E-state index in [1.807, 2.05) is 5.32 Å². The third-order valence-electron chi connectivity index (χ3n) is 1.31. The number of hydrogen-bond donors (Lipinski definition) is 2. The van der Waals surface area contributed by atoms with Gasteiger partial charge in [0.15, 0.2) is 0 Å². The fourth-order valence-corrected chi connectivity index (χ4v) is 1.32. The molecule has 76 valence electrons. The molecular weight excluding hydrogens is 198 g/mol. The van der Waals surface area contributed by atoms with E-state index in [0.717, 1.165) is 6.26 Å². The normalized spacial score (nSPS) is 14.4. The van der Waals surface area contributed by atoms with E-state index >= 15 is 0 Å². The van der Waals surface area contributed by atoms with Crippen LogP contribution in [0.2, 0.25) is 0 Å². The third kappa shape index (κ3) is 6.09. The van der Waals surface area contributed by atoms with E-state index < -0.39 is 28.2 Å². The molecule has 7 heteroatoms. The van der Waals surface area contributed by atoms with Gasteiger partial charge in [-0.2, -0.15) is 0 Å². The zero-order valence-electron chi connectivity index (χ0n) is 7.98. The van der Waals surface area contributed by atoms with Crippen molar-refractivity contribution in [3.8, 4) is 0 Å². The maximum Gasteiger partial charge on any atom is 0.326 e. The number of nitrogens with one attached hydrogen (secondary N) is 1. The molecule has 0 spiro atoms. The van der Waals surface area contributed by atoms with Gasteiger partial charge in [-0.05, 0) is 6.42 Å². The molecule has 0 aliphatic heterocycles. The fraction of sp³-hybridized carbons (Fsp3) is 0.667. The molecule has 0 heterocycles. The molecule has 6 nitrogen and oxygen atoms in total. The molecular formula is C6H11NO5S. The number of aliphatic carboxylic acids is 1. The lowest BCUT2D eigenvalue weighted by Crippen LogP contribution is -2.37. The molecule has 13 heavy (non-hydrogen) atoms. The minimum absolute atomic E-state index is 0.237. The van der Waals surface area contributed by atoms with Crippen LogP contribution in [0.1, 0.15) is 7.79 Å². The summed E-state index contributed by atoms with van der Waals surface area (Å²) < 4.78 is 27.9. The first-order valence-electron chi connectivity index (χ1n) is 3.90. The Labute approximate surface area is 77.3 Å². The van der Waals surface area contributed by atoms with Crippen LogP contribution >= 0.6 is 0 Å². The number of carbonyl (C=O) groups is 2. The summed E-state index contributed by atoms with van der Waals surface area (Å²) in [5, 5.41) is 10.3. The molecule has 0 fully saturated rings. The lowest BCUT2D eigenvalue weighted by Gasteiger charge is -2.09. The van der Waals surface area contributed by atoms with Crippen LogP contribution in [0.4, 0.5) is 0 Å². The summed E-state index contributed by atoms with van der Waals surface area (Å²) in [6.07, 6.45) is -0.515. The Morgan fingerprint density at radius 1 is 1.77 bits per heavy atom. The number of rotatable bonds is 5. The van der Waals surface area contributed by atoms with Gasteiger partial charge < -0.3 is 10.4 Å². The van der Waals surface area contributed by atoms with E-state index in [1.165, 1.54) is 0 Å². The standard InChI is InChI=1S/C6H11NO5S/c1-13(11,12)3-2-5(6(9)10)7-4-8/h4-5H,2-3H2,1H3,(H,7,8)(H,9,10)/t5-/m0/s1/i4D. The van der Waals surface area contributed by atoms with Crippen molar-refractivity contribution in [1.82, 2.24) is 5.32 Å². The van der Waals surface area contributed by atoms with Crippen LogP contribution in [0.25, 0.3) is 0 Å². The predicted molar refractivity (Wildman–Crippen MR) is 45.0 cm³/mol. The SMILES string of the molecule is [2H]C(=O)N[C@@H](CCS(C)(=O)=O)C(=O)O. The van der Waals surface area contributed by atoms with Crippen LogP contribution < -0.4 is 5.32 Å². The van der Waals surface area contributed by atoms with E-state index in [0.29, 0.717) is 0 Å². The second kappa shape index (κ2) is 4.80. The number of amides is 1.